The first kappa shape index (κ1) is 10.8. The molecule has 2 saturated heterocycles. The number of fused-ring (bicyclic) bond motifs is 2. The first-order chi connectivity index (χ1) is 8.15. The molecular formula is C13H16N2O2. The Bertz CT molecular complexity index is 472. The predicted molar refractivity (Wildman–Crippen MR) is 62.0 cm³/mol. The lowest BCUT2D eigenvalue weighted by Crippen LogP contribution is -2.18. The maximum atomic E-state index is 11.3. The van der Waals surface area contributed by atoms with E-state index >= 15 is 0 Å². The van der Waals surface area contributed by atoms with Crippen LogP contribution in [0.1, 0.15) is 54.0 Å². The summed E-state index contributed by atoms with van der Waals surface area (Å²) in [5.74, 6) is 1.20. The van der Waals surface area contributed by atoms with E-state index in [4.69, 9.17) is 4.74 Å². The lowest BCUT2D eigenvalue weighted by atomic mass is 9.88. The number of hydrogen-bond acceptors (Lipinski definition) is 4. The first-order valence-electron chi connectivity index (χ1n) is 6.15. The lowest BCUT2D eigenvalue weighted by Gasteiger charge is -2.17. The van der Waals surface area contributed by atoms with Crippen molar-refractivity contribution in [3.63, 3.8) is 0 Å². The Morgan fingerprint density at radius 1 is 1.47 bits per heavy atom. The molecule has 3 heterocycles. The van der Waals surface area contributed by atoms with Gasteiger partial charge in [0, 0.05) is 12.1 Å². The number of hydrogen-bond donors (Lipinski definition) is 0. The van der Waals surface area contributed by atoms with Crippen LogP contribution in [0.25, 0.3) is 0 Å². The second-order valence-electron chi connectivity index (χ2n) is 5.00. The van der Waals surface area contributed by atoms with Gasteiger partial charge in [0.05, 0.1) is 23.5 Å². The molecular weight excluding hydrogens is 216 g/mol. The number of Topliss-reactive ketones (excluding diaryl/α,β-unsaturated/α-hetero) is 1. The maximum Gasteiger partial charge on any atom is 0.163 e. The zero-order valence-electron chi connectivity index (χ0n) is 10.1. The molecule has 90 valence electrons. The van der Waals surface area contributed by atoms with Crippen molar-refractivity contribution in [1.29, 1.82) is 0 Å². The Kier molecular flexibility index (Phi) is 2.47. The van der Waals surface area contributed by atoms with E-state index in [0.29, 0.717) is 23.7 Å². The van der Waals surface area contributed by atoms with Gasteiger partial charge >= 0.3 is 0 Å². The summed E-state index contributed by atoms with van der Waals surface area (Å²) in [5, 5.41) is 0. The number of carbonyl (C=O) groups excluding carboxylic acids is 1. The average molecular weight is 232 g/mol. The van der Waals surface area contributed by atoms with Gasteiger partial charge < -0.3 is 4.74 Å². The van der Waals surface area contributed by atoms with Crippen LogP contribution < -0.4 is 0 Å². The van der Waals surface area contributed by atoms with Gasteiger partial charge in [-0.25, -0.2) is 9.97 Å². The van der Waals surface area contributed by atoms with Crippen LogP contribution >= 0.6 is 0 Å². The highest BCUT2D eigenvalue weighted by Crippen LogP contribution is 2.43. The van der Waals surface area contributed by atoms with Gasteiger partial charge in [0.25, 0.3) is 0 Å². The van der Waals surface area contributed by atoms with Gasteiger partial charge in [0.15, 0.2) is 5.78 Å². The topological polar surface area (TPSA) is 52.1 Å². The van der Waals surface area contributed by atoms with Crippen molar-refractivity contribution in [3.05, 3.63) is 23.3 Å². The number of nitrogens with zero attached hydrogens (tertiary/aromatic N) is 2. The fourth-order valence-corrected chi connectivity index (χ4v) is 2.92. The standard InChI is InChI=1S/C13H16N2O2/c1-7-11(8(2)16)6-14-13(15-7)10-5-9-3-4-12(10)17-9/h6,9-10,12H,3-5H2,1-2H3. The van der Waals surface area contributed by atoms with Gasteiger partial charge in [0.1, 0.15) is 5.82 Å². The summed E-state index contributed by atoms with van der Waals surface area (Å²) in [5.41, 5.74) is 1.41. The molecule has 4 heteroatoms. The fraction of sp³-hybridized carbons (Fsp3) is 0.615. The molecule has 17 heavy (non-hydrogen) atoms. The minimum Gasteiger partial charge on any atom is -0.374 e. The highest BCUT2D eigenvalue weighted by molar-refractivity contribution is 5.94. The second-order valence-corrected chi connectivity index (χ2v) is 5.00. The summed E-state index contributed by atoms with van der Waals surface area (Å²) in [7, 11) is 0. The summed E-state index contributed by atoms with van der Waals surface area (Å²) < 4.78 is 5.81. The number of rotatable bonds is 2. The third kappa shape index (κ3) is 1.76. The van der Waals surface area contributed by atoms with Gasteiger partial charge in [-0.05, 0) is 33.1 Å². The zero-order chi connectivity index (χ0) is 12.0. The molecule has 0 amide bonds. The summed E-state index contributed by atoms with van der Waals surface area (Å²) in [4.78, 5) is 20.2. The molecule has 0 spiro atoms. The summed E-state index contributed by atoms with van der Waals surface area (Å²) in [6, 6.07) is 0. The number of carbonyl (C=O) groups is 1. The van der Waals surface area contributed by atoms with Crippen LogP contribution in [0.2, 0.25) is 0 Å². The van der Waals surface area contributed by atoms with E-state index in [1.54, 1.807) is 13.1 Å². The molecule has 2 aliphatic rings. The predicted octanol–water partition coefficient (Wildman–Crippen LogP) is 2.02. The third-order valence-electron chi connectivity index (χ3n) is 3.81. The van der Waals surface area contributed by atoms with Crippen molar-refractivity contribution in [2.45, 2.75) is 51.2 Å². The lowest BCUT2D eigenvalue weighted by molar-refractivity contribution is 0.0998. The Labute approximate surface area is 100 Å². The Morgan fingerprint density at radius 2 is 2.29 bits per heavy atom. The van der Waals surface area contributed by atoms with E-state index in [9.17, 15) is 4.79 Å². The number of ether oxygens (including phenoxy) is 1. The van der Waals surface area contributed by atoms with Crippen LogP contribution in [0.5, 0.6) is 0 Å². The molecule has 1 aromatic heterocycles. The van der Waals surface area contributed by atoms with Crippen LogP contribution in [0.3, 0.4) is 0 Å². The van der Waals surface area contributed by atoms with E-state index in [0.717, 1.165) is 24.4 Å². The molecule has 0 N–H and O–H groups in total. The van der Waals surface area contributed by atoms with E-state index in [2.05, 4.69) is 9.97 Å². The van der Waals surface area contributed by atoms with E-state index < -0.39 is 0 Å². The molecule has 1 aromatic rings. The highest BCUT2D eigenvalue weighted by atomic mass is 16.5. The van der Waals surface area contributed by atoms with Crippen LogP contribution in [-0.2, 0) is 4.74 Å². The minimum absolute atomic E-state index is 0.0262. The zero-order valence-corrected chi connectivity index (χ0v) is 10.1. The second kappa shape index (κ2) is 3.88. The Morgan fingerprint density at radius 3 is 2.82 bits per heavy atom. The monoisotopic (exact) mass is 232 g/mol. The normalized spacial score (nSPS) is 30.8. The number of aryl methyl sites for hydroxylation is 1. The third-order valence-corrected chi connectivity index (χ3v) is 3.81. The molecule has 3 rings (SSSR count). The summed E-state index contributed by atoms with van der Waals surface area (Å²) in [6.07, 6.45) is 5.68. The molecule has 0 saturated carbocycles. The van der Waals surface area contributed by atoms with Crippen molar-refractivity contribution in [1.82, 2.24) is 9.97 Å². The molecule has 0 aromatic carbocycles. The number of ketones is 1. The smallest absolute Gasteiger partial charge is 0.163 e. The van der Waals surface area contributed by atoms with E-state index in [1.807, 2.05) is 6.92 Å². The van der Waals surface area contributed by atoms with Crippen LogP contribution in [0.15, 0.2) is 6.20 Å². The highest BCUT2D eigenvalue weighted by Gasteiger charge is 2.42. The van der Waals surface area contributed by atoms with Crippen molar-refractivity contribution < 1.29 is 9.53 Å². The molecule has 2 aliphatic heterocycles. The van der Waals surface area contributed by atoms with Gasteiger partial charge in [-0.2, -0.15) is 0 Å². The van der Waals surface area contributed by atoms with Crippen molar-refractivity contribution >= 4 is 5.78 Å². The maximum absolute atomic E-state index is 11.3. The minimum atomic E-state index is 0.0262. The molecule has 3 atom stereocenters. The quantitative estimate of drug-likeness (QED) is 0.732. The molecule has 0 radical (unpaired) electrons. The SMILES string of the molecule is CC(=O)c1cnc(C2CC3CCC2O3)nc1C. The fourth-order valence-electron chi connectivity index (χ4n) is 2.92. The Balaban J connectivity index is 1.89. The van der Waals surface area contributed by atoms with E-state index in [-0.39, 0.29) is 5.78 Å². The largest absolute Gasteiger partial charge is 0.374 e. The Hall–Kier alpha value is -1.29. The summed E-state index contributed by atoms with van der Waals surface area (Å²) in [6.45, 7) is 3.42. The molecule has 0 aliphatic carbocycles. The van der Waals surface area contributed by atoms with Crippen molar-refractivity contribution in [3.8, 4) is 0 Å². The van der Waals surface area contributed by atoms with Gasteiger partial charge in [-0.3, -0.25) is 4.79 Å². The molecule has 4 nitrogen and oxygen atoms in total. The van der Waals surface area contributed by atoms with Crippen LogP contribution in [0, 0.1) is 6.92 Å². The van der Waals surface area contributed by atoms with E-state index in [1.165, 1.54) is 6.42 Å². The van der Waals surface area contributed by atoms with Gasteiger partial charge in [-0.1, -0.05) is 0 Å². The van der Waals surface area contributed by atoms with Crippen LogP contribution in [-0.4, -0.2) is 28.0 Å². The van der Waals surface area contributed by atoms with Crippen molar-refractivity contribution in [2.75, 3.05) is 0 Å². The molecule has 2 bridgehead atoms. The van der Waals surface area contributed by atoms with Crippen molar-refractivity contribution in [2.24, 2.45) is 0 Å². The van der Waals surface area contributed by atoms with Gasteiger partial charge in [0.2, 0.25) is 0 Å². The number of aromatic nitrogens is 2. The van der Waals surface area contributed by atoms with Crippen LogP contribution in [0.4, 0.5) is 0 Å². The molecule has 2 fully saturated rings. The average Bonchev–Trinajstić information content (AvgIpc) is 2.89. The molecule has 3 unspecified atom stereocenters. The summed E-state index contributed by atoms with van der Waals surface area (Å²) >= 11 is 0. The first-order valence-corrected chi connectivity index (χ1v) is 6.15. The van der Waals surface area contributed by atoms with Gasteiger partial charge in [-0.15, -0.1) is 0 Å².